The number of carbonyl (C=O) groups excluding carboxylic acids is 1. The van der Waals surface area contributed by atoms with Crippen molar-refractivity contribution in [2.75, 3.05) is 12.4 Å². The first-order valence-corrected chi connectivity index (χ1v) is 10.5. The Balaban J connectivity index is 1.43. The Hall–Kier alpha value is -4.17. The van der Waals surface area contributed by atoms with Crippen LogP contribution in [0.25, 0.3) is 28.6 Å². The van der Waals surface area contributed by atoms with Crippen molar-refractivity contribution in [3.63, 3.8) is 0 Å². The summed E-state index contributed by atoms with van der Waals surface area (Å²) in [6.45, 7) is 1.96. The monoisotopic (exact) mass is 459 g/mol. The van der Waals surface area contributed by atoms with Crippen molar-refractivity contribution in [2.45, 2.75) is 6.92 Å². The number of rotatable bonds is 5. The van der Waals surface area contributed by atoms with Crippen LogP contribution in [-0.2, 0) is 4.79 Å². The molecular weight excluding hydrogens is 438 g/mol. The summed E-state index contributed by atoms with van der Waals surface area (Å²) in [5, 5.41) is 16.0. The van der Waals surface area contributed by atoms with Crippen molar-refractivity contribution < 1.29 is 19.1 Å². The number of ether oxygens (including phenoxy) is 1. The standard InChI is InChI=1S/C25H21N3O4S/c1-15-3-10-20-22(13-15)32-24(27-20)19-14-17(7-11-21(19)29)26-25(33)28-23(30)12-6-16-4-8-18(31-2)9-5-16/h3-14,29H,1-2H3,(H2,26,28,30,33)/b12-6+. The molecule has 3 N–H and O–H groups in total. The number of aryl methyl sites for hydroxylation is 1. The summed E-state index contributed by atoms with van der Waals surface area (Å²) in [5.74, 6) is 0.662. The lowest BCUT2D eigenvalue weighted by Crippen LogP contribution is -2.32. The minimum absolute atomic E-state index is 0.0150. The molecule has 0 fully saturated rings. The molecule has 7 nitrogen and oxygen atoms in total. The molecule has 8 heteroatoms. The van der Waals surface area contributed by atoms with Gasteiger partial charge in [-0.1, -0.05) is 18.2 Å². The maximum absolute atomic E-state index is 12.2. The zero-order valence-electron chi connectivity index (χ0n) is 18.0. The molecule has 0 atom stereocenters. The van der Waals surface area contributed by atoms with Gasteiger partial charge in [0.2, 0.25) is 11.8 Å². The normalized spacial score (nSPS) is 11.0. The lowest BCUT2D eigenvalue weighted by molar-refractivity contribution is -0.115. The lowest BCUT2D eigenvalue weighted by Gasteiger charge is -2.10. The average Bonchev–Trinajstić information content (AvgIpc) is 3.22. The summed E-state index contributed by atoms with van der Waals surface area (Å²) in [7, 11) is 1.59. The Bertz CT molecular complexity index is 1360. The van der Waals surface area contributed by atoms with Gasteiger partial charge in [0.1, 0.15) is 17.0 Å². The van der Waals surface area contributed by atoms with E-state index >= 15 is 0 Å². The molecule has 0 spiro atoms. The van der Waals surface area contributed by atoms with Gasteiger partial charge in [0, 0.05) is 11.8 Å². The van der Waals surface area contributed by atoms with Gasteiger partial charge in [-0.15, -0.1) is 0 Å². The molecule has 0 bridgehead atoms. The Morgan fingerprint density at radius 2 is 1.91 bits per heavy atom. The Kier molecular flexibility index (Phi) is 6.37. The number of nitrogens with one attached hydrogen (secondary N) is 2. The van der Waals surface area contributed by atoms with Crippen LogP contribution in [0.15, 0.2) is 71.2 Å². The molecule has 33 heavy (non-hydrogen) atoms. The fourth-order valence-corrected chi connectivity index (χ4v) is 3.35. The van der Waals surface area contributed by atoms with Gasteiger partial charge in [-0.25, -0.2) is 4.98 Å². The first-order valence-electron chi connectivity index (χ1n) is 10.1. The zero-order valence-corrected chi connectivity index (χ0v) is 18.8. The highest BCUT2D eigenvalue weighted by atomic mass is 32.1. The van der Waals surface area contributed by atoms with Crippen molar-refractivity contribution in [3.05, 3.63) is 77.9 Å². The summed E-state index contributed by atoms with van der Waals surface area (Å²) in [6, 6.07) is 17.8. The quantitative estimate of drug-likeness (QED) is 0.218. The van der Waals surface area contributed by atoms with Crippen molar-refractivity contribution in [1.29, 1.82) is 0 Å². The smallest absolute Gasteiger partial charge is 0.250 e. The molecule has 0 saturated heterocycles. The Labute approximate surface area is 195 Å². The van der Waals surface area contributed by atoms with E-state index in [0.717, 1.165) is 16.9 Å². The third-order valence-electron chi connectivity index (χ3n) is 4.81. The van der Waals surface area contributed by atoms with E-state index in [1.165, 1.54) is 12.1 Å². The van der Waals surface area contributed by atoms with E-state index in [1.54, 1.807) is 25.3 Å². The molecule has 0 aliphatic rings. The Morgan fingerprint density at radius 1 is 1.12 bits per heavy atom. The van der Waals surface area contributed by atoms with Crippen molar-refractivity contribution in [3.8, 4) is 23.0 Å². The predicted molar refractivity (Wildman–Crippen MR) is 132 cm³/mol. The van der Waals surface area contributed by atoms with E-state index in [4.69, 9.17) is 21.4 Å². The molecule has 0 saturated carbocycles. The summed E-state index contributed by atoms with van der Waals surface area (Å²) in [5.41, 5.74) is 4.19. The van der Waals surface area contributed by atoms with Crippen LogP contribution in [0.3, 0.4) is 0 Å². The molecule has 4 rings (SSSR count). The highest BCUT2D eigenvalue weighted by Crippen LogP contribution is 2.33. The molecular formula is C25H21N3O4S. The van der Waals surface area contributed by atoms with E-state index in [9.17, 15) is 9.90 Å². The van der Waals surface area contributed by atoms with Crippen LogP contribution < -0.4 is 15.4 Å². The number of oxazole rings is 1. The van der Waals surface area contributed by atoms with E-state index in [-0.39, 0.29) is 22.7 Å². The number of carbonyl (C=O) groups is 1. The van der Waals surface area contributed by atoms with Crippen LogP contribution in [0.2, 0.25) is 0 Å². The second kappa shape index (κ2) is 9.54. The maximum atomic E-state index is 12.2. The average molecular weight is 460 g/mol. The molecule has 1 amide bonds. The molecule has 1 heterocycles. The van der Waals surface area contributed by atoms with E-state index in [2.05, 4.69) is 15.6 Å². The largest absolute Gasteiger partial charge is 0.507 e. The van der Waals surface area contributed by atoms with Crippen molar-refractivity contribution in [2.24, 2.45) is 0 Å². The third-order valence-corrected chi connectivity index (χ3v) is 5.01. The van der Waals surface area contributed by atoms with Crippen LogP contribution in [-0.4, -0.2) is 28.2 Å². The number of fused-ring (bicyclic) bond motifs is 1. The van der Waals surface area contributed by atoms with Crippen molar-refractivity contribution in [1.82, 2.24) is 10.3 Å². The van der Waals surface area contributed by atoms with Crippen LogP contribution in [0.4, 0.5) is 5.69 Å². The van der Waals surface area contributed by atoms with Gasteiger partial charge in [-0.05, 0) is 78.8 Å². The van der Waals surface area contributed by atoms with Crippen LogP contribution >= 0.6 is 12.2 Å². The first kappa shape index (κ1) is 22.0. The summed E-state index contributed by atoms with van der Waals surface area (Å²) in [4.78, 5) is 16.6. The third kappa shape index (κ3) is 5.36. The number of benzene rings is 3. The lowest BCUT2D eigenvalue weighted by atomic mass is 10.1. The van der Waals surface area contributed by atoms with E-state index in [0.29, 0.717) is 22.4 Å². The van der Waals surface area contributed by atoms with Gasteiger partial charge in [0.25, 0.3) is 0 Å². The number of aromatic hydroxyl groups is 1. The van der Waals surface area contributed by atoms with E-state index in [1.807, 2.05) is 49.4 Å². The second-order valence-corrected chi connectivity index (χ2v) is 7.68. The number of thiocarbonyl (C=S) groups is 1. The number of hydrogen-bond donors (Lipinski definition) is 3. The minimum atomic E-state index is -0.378. The maximum Gasteiger partial charge on any atom is 0.250 e. The van der Waals surface area contributed by atoms with Crippen LogP contribution in [0, 0.1) is 6.92 Å². The van der Waals surface area contributed by atoms with E-state index < -0.39 is 0 Å². The highest BCUT2D eigenvalue weighted by molar-refractivity contribution is 7.80. The molecule has 3 aromatic carbocycles. The molecule has 0 aliphatic carbocycles. The number of aromatic nitrogens is 1. The highest BCUT2D eigenvalue weighted by Gasteiger charge is 2.14. The summed E-state index contributed by atoms with van der Waals surface area (Å²) >= 11 is 5.24. The SMILES string of the molecule is COc1ccc(/C=C/C(=O)NC(=S)Nc2ccc(O)c(-c3nc4ccc(C)cc4o3)c2)cc1. The van der Waals surface area contributed by atoms with Crippen LogP contribution in [0.5, 0.6) is 11.5 Å². The summed E-state index contributed by atoms with van der Waals surface area (Å²) < 4.78 is 10.9. The molecule has 166 valence electrons. The number of hydrogen-bond acceptors (Lipinski definition) is 6. The number of phenols is 1. The summed E-state index contributed by atoms with van der Waals surface area (Å²) in [6.07, 6.45) is 3.06. The van der Waals surface area contributed by atoms with Gasteiger partial charge in [-0.2, -0.15) is 0 Å². The second-order valence-electron chi connectivity index (χ2n) is 7.27. The van der Waals surface area contributed by atoms with Crippen LogP contribution in [0.1, 0.15) is 11.1 Å². The van der Waals surface area contributed by atoms with Gasteiger partial charge in [-0.3, -0.25) is 10.1 Å². The van der Waals surface area contributed by atoms with Crippen molar-refractivity contribution >= 4 is 46.1 Å². The number of phenolic OH excluding ortho intramolecular Hbond substituents is 1. The number of methoxy groups -OCH3 is 1. The van der Waals surface area contributed by atoms with Gasteiger partial charge in [0.15, 0.2) is 10.7 Å². The number of amides is 1. The fraction of sp³-hybridized carbons (Fsp3) is 0.0800. The number of nitrogens with zero attached hydrogens (tertiary/aromatic N) is 1. The fourth-order valence-electron chi connectivity index (χ4n) is 3.13. The predicted octanol–water partition coefficient (Wildman–Crippen LogP) is 5.04. The molecule has 1 aromatic heterocycles. The van der Waals surface area contributed by atoms with Gasteiger partial charge in [0.05, 0.1) is 12.7 Å². The number of anilines is 1. The molecule has 0 unspecified atom stereocenters. The minimum Gasteiger partial charge on any atom is -0.507 e. The first-order chi connectivity index (χ1) is 15.9. The van der Waals surface area contributed by atoms with Gasteiger partial charge >= 0.3 is 0 Å². The van der Waals surface area contributed by atoms with Gasteiger partial charge < -0.3 is 19.6 Å². The Morgan fingerprint density at radius 3 is 2.67 bits per heavy atom. The zero-order chi connectivity index (χ0) is 23.4. The molecule has 4 aromatic rings. The molecule has 0 aliphatic heterocycles. The topological polar surface area (TPSA) is 96.6 Å². The molecule has 0 radical (unpaired) electrons.